The van der Waals surface area contributed by atoms with Crippen molar-refractivity contribution < 1.29 is 13.9 Å². The molecule has 0 aromatic carbocycles. The topological polar surface area (TPSA) is 95.3 Å². The lowest BCUT2D eigenvalue weighted by molar-refractivity contribution is 0.0952. The first kappa shape index (κ1) is 12.2. The van der Waals surface area contributed by atoms with Gasteiger partial charge < -0.3 is 9.15 Å². The zero-order chi connectivity index (χ0) is 13.1. The van der Waals surface area contributed by atoms with Crippen LogP contribution in [0.3, 0.4) is 0 Å². The number of amides is 1. The molecule has 0 radical (unpaired) electrons. The Labute approximate surface area is 103 Å². The molecule has 0 unspecified atom stereocenters. The highest BCUT2D eigenvalue weighted by Crippen LogP contribution is 2.17. The Morgan fingerprint density at radius 3 is 3.06 bits per heavy atom. The summed E-state index contributed by atoms with van der Waals surface area (Å²) in [7, 11) is 1.80. The van der Waals surface area contributed by atoms with Gasteiger partial charge in [0.1, 0.15) is 18.1 Å². The smallest absolute Gasteiger partial charge is 0.268 e. The SMILES string of the molecule is Cc1oc(COc2cnn(C)c2)cc1C(=O)NN. The van der Waals surface area contributed by atoms with Crippen LogP contribution in [-0.2, 0) is 13.7 Å². The zero-order valence-corrected chi connectivity index (χ0v) is 10.1. The van der Waals surface area contributed by atoms with E-state index in [9.17, 15) is 4.79 Å². The van der Waals surface area contributed by atoms with Gasteiger partial charge in [0.25, 0.3) is 5.91 Å². The molecule has 0 bridgehead atoms. The number of nitrogens with one attached hydrogen (secondary N) is 1. The largest absolute Gasteiger partial charge is 0.482 e. The van der Waals surface area contributed by atoms with Crippen molar-refractivity contribution in [1.82, 2.24) is 15.2 Å². The number of hydrazine groups is 1. The molecule has 2 rings (SSSR count). The Kier molecular flexibility index (Phi) is 3.33. The number of hydrogen-bond donors (Lipinski definition) is 2. The van der Waals surface area contributed by atoms with E-state index in [0.29, 0.717) is 22.8 Å². The zero-order valence-electron chi connectivity index (χ0n) is 10.1. The lowest BCUT2D eigenvalue weighted by Crippen LogP contribution is -2.30. The molecule has 18 heavy (non-hydrogen) atoms. The third-order valence-electron chi connectivity index (χ3n) is 2.41. The summed E-state index contributed by atoms with van der Waals surface area (Å²) >= 11 is 0. The number of furan rings is 1. The molecule has 0 aliphatic heterocycles. The van der Waals surface area contributed by atoms with Gasteiger partial charge in [0.05, 0.1) is 18.0 Å². The molecule has 2 heterocycles. The molecule has 2 aromatic heterocycles. The number of carbonyl (C=O) groups is 1. The van der Waals surface area contributed by atoms with Crippen LogP contribution in [0, 0.1) is 6.92 Å². The summed E-state index contributed by atoms with van der Waals surface area (Å²) in [6, 6.07) is 1.61. The highest BCUT2D eigenvalue weighted by atomic mass is 16.5. The third kappa shape index (κ3) is 2.51. The number of hydrogen-bond acceptors (Lipinski definition) is 5. The minimum absolute atomic E-state index is 0.227. The number of nitrogen functional groups attached to an aromatic ring is 1. The van der Waals surface area contributed by atoms with Gasteiger partial charge in [0, 0.05) is 7.05 Å². The molecule has 96 valence electrons. The molecule has 7 heteroatoms. The van der Waals surface area contributed by atoms with Crippen LogP contribution in [0.2, 0.25) is 0 Å². The third-order valence-corrected chi connectivity index (χ3v) is 2.41. The number of aromatic nitrogens is 2. The fraction of sp³-hybridized carbons (Fsp3) is 0.273. The molecular formula is C11H14N4O3. The standard InChI is InChI=1S/C11H14N4O3/c1-7-10(11(16)14-12)3-8(18-7)6-17-9-4-13-15(2)5-9/h3-5H,6,12H2,1-2H3,(H,14,16). The van der Waals surface area contributed by atoms with Crippen LogP contribution in [0.15, 0.2) is 22.9 Å². The van der Waals surface area contributed by atoms with E-state index in [1.165, 1.54) is 0 Å². The Morgan fingerprint density at radius 2 is 2.44 bits per heavy atom. The van der Waals surface area contributed by atoms with E-state index in [2.05, 4.69) is 10.5 Å². The number of rotatable bonds is 4. The van der Waals surface area contributed by atoms with E-state index in [-0.39, 0.29) is 12.5 Å². The summed E-state index contributed by atoms with van der Waals surface area (Å²) in [4.78, 5) is 11.4. The number of nitrogens with zero attached hydrogens (tertiary/aromatic N) is 2. The van der Waals surface area contributed by atoms with Gasteiger partial charge in [-0.3, -0.25) is 14.9 Å². The van der Waals surface area contributed by atoms with E-state index in [4.69, 9.17) is 15.0 Å². The van der Waals surface area contributed by atoms with Gasteiger partial charge in [-0.25, -0.2) is 5.84 Å². The van der Waals surface area contributed by atoms with Gasteiger partial charge >= 0.3 is 0 Å². The average molecular weight is 250 g/mol. The van der Waals surface area contributed by atoms with Crippen LogP contribution < -0.4 is 16.0 Å². The lowest BCUT2D eigenvalue weighted by Gasteiger charge is -1.98. The Hall–Kier alpha value is -2.28. The maximum absolute atomic E-state index is 11.4. The number of aryl methyl sites for hydroxylation is 2. The molecule has 0 aliphatic rings. The summed E-state index contributed by atoms with van der Waals surface area (Å²) in [6.07, 6.45) is 3.34. The molecule has 0 spiro atoms. The van der Waals surface area contributed by atoms with Crippen LogP contribution in [0.4, 0.5) is 0 Å². The lowest BCUT2D eigenvalue weighted by atomic mass is 10.2. The summed E-state index contributed by atoms with van der Waals surface area (Å²) in [5.41, 5.74) is 2.46. The highest BCUT2D eigenvalue weighted by Gasteiger charge is 2.14. The summed E-state index contributed by atoms with van der Waals surface area (Å²) < 4.78 is 12.5. The Bertz CT molecular complexity index is 558. The van der Waals surface area contributed by atoms with Crippen molar-refractivity contribution in [3.05, 3.63) is 35.5 Å². The van der Waals surface area contributed by atoms with E-state index >= 15 is 0 Å². The van der Waals surface area contributed by atoms with Crippen LogP contribution >= 0.6 is 0 Å². The molecule has 2 aromatic rings. The number of nitrogens with two attached hydrogens (primary N) is 1. The fourth-order valence-electron chi connectivity index (χ4n) is 1.55. The second-order valence-electron chi connectivity index (χ2n) is 3.79. The van der Waals surface area contributed by atoms with Crippen molar-refractivity contribution >= 4 is 5.91 Å². The monoisotopic (exact) mass is 250 g/mol. The van der Waals surface area contributed by atoms with Crippen molar-refractivity contribution in [3.63, 3.8) is 0 Å². The van der Waals surface area contributed by atoms with Crippen LogP contribution in [0.25, 0.3) is 0 Å². The molecule has 0 fully saturated rings. The summed E-state index contributed by atoms with van der Waals surface area (Å²) in [5, 5.41) is 3.97. The van der Waals surface area contributed by atoms with Gasteiger partial charge in [-0.05, 0) is 13.0 Å². The fourth-order valence-corrected chi connectivity index (χ4v) is 1.55. The first-order valence-corrected chi connectivity index (χ1v) is 5.32. The number of ether oxygens (including phenoxy) is 1. The molecule has 0 atom stereocenters. The molecule has 0 aliphatic carbocycles. The van der Waals surface area contributed by atoms with Crippen LogP contribution in [0.5, 0.6) is 5.75 Å². The van der Waals surface area contributed by atoms with Crippen LogP contribution in [0.1, 0.15) is 21.9 Å². The van der Waals surface area contributed by atoms with Crippen molar-refractivity contribution in [3.8, 4) is 5.75 Å². The normalized spacial score (nSPS) is 10.4. The molecule has 0 saturated carbocycles. The highest BCUT2D eigenvalue weighted by molar-refractivity contribution is 5.94. The van der Waals surface area contributed by atoms with Gasteiger partial charge in [-0.15, -0.1) is 0 Å². The molecule has 3 N–H and O–H groups in total. The number of carbonyl (C=O) groups excluding carboxylic acids is 1. The van der Waals surface area contributed by atoms with E-state index in [1.54, 1.807) is 37.1 Å². The minimum atomic E-state index is -0.385. The van der Waals surface area contributed by atoms with Gasteiger partial charge in [0.2, 0.25) is 0 Å². The molecule has 0 saturated heterocycles. The second-order valence-corrected chi connectivity index (χ2v) is 3.79. The maximum Gasteiger partial charge on any atom is 0.268 e. The first-order chi connectivity index (χ1) is 8.60. The van der Waals surface area contributed by atoms with Gasteiger partial charge in [0.15, 0.2) is 5.75 Å². The average Bonchev–Trinajstić information content (AvgIpc) is 2.92. The van der Waals surface area contributed by atoms with Gasteiger partial charge in [-0.1, -0.05) is 0 Å². The quantitative estimate of drug-likeness (QED) is 0.468. The van der Waals surface area contributed by atoms with Crippen molar-refractivity contribution in [1.29, 1.82) is 0 Å². The minimum Gasteiger partial charge on any atom is -0.482 e. The Balaban J connectivity index is 2.04. The molecule has 1 amide bonds. The van der Waals surface area contributed by atoms with Crippen molar-refractivity contribution in [2.75, 3.05) is 0 Å². The van der Waals surface area contributed by atoms with E-state index in [0.717, 1.165) is 0 Å². The molecular weight excluding hydrogens is 236 g/mol. The second kappa shape index (κ2) is 4.92. The van der Waals surface area contributed by atoms with Crippen molar-refractivity contribution in [2.24, 2.45) is 12.9 Å². The summed E-state index contributed by atoms with van der Waals surface area (Å²) in [6.45, 7) is 1.92. The molecule has 7 nitrogen and oxygen atoms in total. The van der Waals surface area contributed by atoms with Crippen LogP contribution in [-0.4, -0.2) is 15.7 Å². The van der Waals surface area contributed by atoms with E-state index < -0.39 is 0 Å². The maximum atomic E-state index is 11.4. The Morgan fingerprint density at radius 1 is 1.67 bits per heavy atom. The van der Waals surface area contributed by atoms with Gasteiger partial charge in [-0.2, -0.15) is 5.10 Å². The predicted octanol–water partition coefficient (Wildman–Crippen LogP) is 0.504. The predicted molar refractivity (Wildman–Crippen MR) is 62.6 cm³/mol. The van der Waals surface area contributed by atoms with E-state index in [1.807, 2.05) is 0 Å². The summed E-state index contributed by atoms with van der Waals surface area (Å²) in [5.74, 6) is 6.37. The van der Waals surface area contributed by atoms with Crippen molar-refractivity contribution in [2.45, 2.75) is 13.5 Å². The first-order valence-electron chi connectivity index (χ1n) is 5.32.